The number of rotatable bonds is 5. The van der Waals surface area contributed by atoms with Crippen LogP contribution in [0.2, 0.25) is 0 Å². The van der Waals surface area contributed by atoms with Crippen LogP contribution in [0.25, 0.3) is 16.6 Å². The number of hydrogen-bond donors (Lipinski definition) is 0. The first-order valence-corrected chi connectivity index (χ1v) is 9.12. The summed E-state index contributed by atoms with van der Waals surface area (Å²) in [7, 11) is 1.61. The third-order valence-corrected chi connectivity index (χ3v) is 4.92. The number of carbonyl (C=O) groups excluding carboxylic acids is 1. The topological polar surface area (TPSA) is 74.2 Å². The summed E-state index contributed by atoms with van der Waals surface area (Å²) < 4.78 is 14.8. The highest BCUT2D eigenvalue weighted by molar-refractivity contribution is 7.03. The minimum absolute atomic E-state index is 0.0188. The van der Waals surface area contributed by atoms with E-state index in [0.29, 0.717) is 35.7 Å². The fourth-order valence-corrected chi connectivity index (χ4v) is 3.54. The Kier molecular flexibility index (Phi) is 4.73. The number of aromatic nitrogens is 3. The number of benzene rings is 1. The highest BCUT2D eigenvalue weighted by atomic mass is 32.1. The molecule has 0 N–H and O–H groups in total. The van der Waals surface area contributed by atoms with Gasteiger partial charge in [0.05, 0.1) is 44.2 Å². The minimum Gasteiger partial charge on any atom is -0.494 e. The van der Waals surface area contributed by atoms with Crippen molar-refractivity contribution in [1.82, 2.24) is 14.3 Å². The van der Waals surface area contributed by atoms with Gasteiger partial charge in [-0.1, -0.05) is 6.08 Å². The summed E-state index contributed by atoms with van der Waals surface area (Å²) in [4.78, 5) is 21.6. The van der Waals surface area contributed by atoms with Gasteiger partial charge in [-0.2, -0.15) is 0 Å². The summed E-state index contributed by atoms with van der Waals surface area (Å²) in [6.45, 7) is 1.31. The van der Waals surface area contributed by atoms with Gasteiger partial charge in [-0.15, -0.1) is 0 Å². The maximum absolute atomic E-state index is 12.3. The van der Waals surface area contributed by atoms with E-state index in [-0.39, 0.29) is 12.2 Å². The first-order chi connectivity index (χ1) is 12.8. The van der Waals surface area contributed by atoms with Crippen molar-refractivity contribution in [3.8, 4) is 5.75 Å². The predicted octanol–water partition coefficient (Wildman–Crippen LogP) is 3.32. The zero-order chi connectivity index (χ0) is 17.9. The lowest BCUT2D eigenvalue weighted by molar-refractivity contribution is 0.0992. The Balaban J connectivity index is 1.74. The minimum atomic E-state index is -0.0188. The van der Waals surface area contributed by atoms with Crippen molar-refractivity contribution in [2.45, 2.75) is 12.8 Å². The van der Waals surface area contributed by atoms with Crippen LogP contribution in [0.1, 0.15) is 28.0 Å². The molecule has 0 aliphatic carbocycles. The summed E-state index contributed by atoms with van der Waals surface area (Å²) in [5, 5.41) is 1.74. The molecule has 0 radical (unpaired) electrons. The van der Waals surface area contributed by atoms with Gasteiger partial charge in [-0.25, -0.2) is 9.36 Å². The first-order valence-electron chi connectivity index (χ1n) is 8.28. The molecule has 6 nitrogen and oxygen atoms in total. The van der Waals surface area contributed by atoms with Crippen LogP contribution in [0.15, 0.2) is 36.0 Å². The highest BCUT2D eigenvalue weighted by Gasteiger charge is 2.16. The average Bonchev–Trinajstić information content (AvgIpc) is 3.23. The van der Waals surface area contributed by atoms with E-state index in [1.54, 1.807) is 24.9 Å². The van der Waals surface area contributed by atoms with Gasteiger partial charge < -0.3 is 9.47 Å². The molecule has 0 amide bonds. The molecule has 0 fully saturated rings. The van der Waals surface area contributed by atoms with Gasteiger partial charge in [-0.05, 0) is 35.7 Å². The summed E-state index contributed by atoms with van der Waals surface area (Å²) >= 11 is 1.26. The Morgan fingerprint density at radius 1 is 1.31 bits per heavy atom. The Labute approximate surface area is 154 Å². The van der Waals surface area contributed by atoms with Crippen LogP contribution in [-0.4, -0.2) is 40.4 Å². The van der Waals surface area contributed by atoms with Crippen molar-refractivity contribution < 1.29 is 14.3 Å². The van der Waals surface area contributed by atoms with E-state index in [1.165, 1.54) is 17.1 Å². The Morgan fingerprint density at radius 3 is 2.96 bits per heavy atom. The molecular weight excluding hydrogens is 350 g/mol. The molecule has 3 aromatic rings. The third kappa shape index (κ3) is 3.23. The molecule has 3 heterocycles. The van der Waals surface area contributed by atoms with Crippen LogP contribution in [0.3, 0.4) is 0 Å². The fraction of sp³-hybridized carbons (Fsp3) is 0.263. The van der Waals surface area contributed by atoms with Crippen molar-refractivity contribution in [3.05, 3.63) is 52.8 Å². The maximum Gasteiger partial charge on any atom is 0.171 e. The molecule has 4 rings (SSSR count). The molecule has 0 unspecified atom stereocenters. The molecule has 1 aromatic carbocycles. The van der Waals surface area contributed by atoms with E-state index in [1.807, 2.05) is 12.1 Å². The first kappa shape index (κ1) is 16.8. The predicted molar refractivity (Wildman–Crippen MR) is 99.7 cm³/mol. The van der Waals surface area contributed by atoms with Gasteiger partial charge in [0.25, 0.3) is 0 Å². The van der Waals surface area contributed by atoms with E-state index in [9.17, 15) is 4.79 Å². The number of nitrogens with zero attached hydrogens (tertiary/aromatic N) is 3. The number of Topliss-reactive ketones (excluding diaryl/α,β-unsaturated/α-hetero) is 1. The summed E-state index contributed by atoms with van der Waals surface area (Å²) in [6.07, 6.45) is 6.36. The zero-order valence-corrected chi connectivity index (χ0v) is 15.1. The molecule has 26 heavy (non-hydrogen) atoms. The molecule has 0 atom stereocenters. The largest absolute Gasteiger partial charge is 0.494 e. The molecule has 1 aliphatic heterocycles. The second-order valence-electron chi connectivity index (χ2n) is 5.94. The van der Waals surface area contributed by atoms with E-state index < -0.39 is 0 Å². The molecule has 0 saturated heterocycles. The molecule has 132 valence electrons. The lowest BCUT2D eigenvalue weighted by Crippen LogP contribution is -2.07. The summed E-state index contributed by atoms with van der Waals surface area (Å²) in [6, 6.07) is 3.91. The normalized spacial score (nSPS) is 14.3. The second-order valence-corrected chi connectivity index (χ2v) is 6.60. The van der Waals surface area contributed by atoms with E-state index in [2.05, 4.69) is 20.4 Å². The number of fused-ring (bicyclic) bond motifs is 1. The van der Waals surface area contributed by atoms with Crippen molar-refractivity contribution in [2.75, 3.05) is 20.3 Å². The van der Waals surface area contributed by atoms with Gasteiger partial charge >= 0.3 is 0 Å². The van der Waals surface area contributed by atoms with Crippen LogP contribution < -0.4 is 4.74 Å². The smallest absolute Gasteiger partial charge is 0.171 e. The van der Waals surface area contributed by atoms with Gasteiger partial charge in [0.2, 0.25) is 0 Å². The van der Waals surface area contributed by atoms with Crippen LogP contribution in [-0.2, 0) is 11.2 Å². The van der Waals surface area contributed by atoms with Gasteiger partial charge in [0, 0.05) is 22.7 Å². The standard InChI is InChI=1S/C19H17N3O3S/c1-24-17-3-2-15(12-4-6-25-7-5-12)18-19(17)22-14(10-20-18)8-16(23)13-9-21-26-11-13/h2-4,9-11H,5-8H2,1H3. The van der Waals surface area contributed by atoms with Crippen molar-refractivity contribution in [3.63, 3.8) is 0 Å². The summed E-state index contributed by atoms with van der Waals surface area (Å²) in [5.41, 5.74) is 4.91. The third-order valence-electron chi connectivity index (χ3n) is 4.34. The lowest BCUT2D eigenvalue weighted by atomic mass is 9.99. The van der Waals surface area contributed by atoms with Gasteiger partial charge in [0.15, 0.2) is 5.78 Å². The van der Waals surface area contributed by atoms with Crippen LogP contribution >= 0.6 is 11.5 Å². The summed E-state index contributed by atoms with van der Waals surface area (Å²) in [5.74, 6) is 0.630. The Hall–Kier alpha value is -2.64. The SMILES string of the molecule is COc1ccc(C2=CCOCC2)c2ncc(CC(=O)c3cnsc3)nc12. The van der Waals surface area contributed by atoms with Crippen LogP contribution in [0.4, 0.5) is 0 Å². The fourth-order valence-electron chi connectivity index (χ4n) is 3.00. The average molecular weight is 367 g/mol. The van der Waals surface area contributed by atoms with E-state index in [4.69, 9.17) is 9.47 Å². The number of hydrogen-bond acceptors (Lipinski definition) is 7. The number of ketones is 1. The lowest BCUT2D eigenvalue weighted by Gasteiger charge is -2.16. The molecule has 0 spiro atoms. The van der Waals surface area contributed by atoms with Gasteiger partial charge in [0.1, 0.15) is 11.3 Å². The quantitative estimate of drug-likeness (QED) is 0.644. The molecule has 0 saturated carbocycles. The zero-order valence-electron chi connectivity index (χ0n) is 14.3. The van der Waals surface area contributed by atoms with E-state index >= 15 is 0 Å². The monoisotopic (exact) mass is 367 g/mol. The van der Waals surface area contributed by atoms with Crippen LogP contribution in [0.5, 0.6) is 5.75 Å². The van der Waals surface area contributed by atoms with E-state index in [0.717, 1.165) is 17.5 Å². The molecule has 0 bridgehead atoms. The molecular formula is C19H17N3O3S. The molecule has 7 heteroatoms. The maximum atomic E-state index is 12.3. The molecule has 2 aromatic heterocycles. The Bertz CT molecular complexity index is 983. The van der Waals surface area contributed by atoms with Crippen molar-refractivity contribution in [1.29, 1.82) is 0 Å². The van der Waals surface area contributed by atoms with Crippen LogP contribution in [0, 0.1) is 0 Å². The van der Waals surface area contributed by atoms with Crippen molar-refractivity contribution in [2.24, 2.45) is 0 Å². The Morgan fingerprint density at radius 2 is 2.23 bits per heavy atom. The highest BCUT2D eigenvalue weighted by Crippen LogP contribution is 2.32. The number of methoxy groups -OCH3 is 1. The number of carbonyl (C=O) groups is 1. The molecule has 1 aliphatic rings. The second kappa shape index (κ2) is 7.31. The van der Waals surface area contributed by atoms with Crippen molar-refractivity contribution >= 4 is 33.9 Å². The van der Waals surface area contributed by atoms with Gasteiger partial charge in [-0.3, -0.25) is 9.78 Å². The number of ether oxygens (including phenoxy) is 2.